The summed E-state index contributed by atoms with van der Waals surface area (Å²) in [5.74, 6) is 0.417. The predicted octanol–water partition coefficient (Wildman–Crippen LogP) is 2.43. The molecule has 2 rings (SSSR count). The minimum absolute atomic E-state index is 0.373. The molecule has 0 aromatic heterocycles. The number of aldehydes is 1. The smallest absolute Gasteiger partial charge is 0.153 e. The van der Waals surface area contributed by atoms with Gasteiger partial charge in [0.2, 0.25) is 0 Å². The summed E-state index contributed by atoms with van der Waals surface area (Å²) < 4.78 is 5.67. The van der Waals surface area contributed by atoms with Gasteiger partial charge in [-0.3, -0.25) is 9.69 Å². The van der Waals surface area contributed by atoms with Crippen LogP contribution in [0.5, 0.6) is 5.75 Å². The van der Waals surface area contributed by atoms with Crippen molar-refractivity contribution >= 4 is 29.5 Å². The highest BCUT2D eigenvalue weighted by atomic mass is 35.5. The van der Waals surface area contributed by atoms with Crippen LogP contribution in [0.3, 0.4) is 0 Å². The van der Waals surface area contributed by atoms with Crippen molar-refractivity contribution in [2.45, 2.75) is 0 Å². The number of halogens is 2. The summed E-state index contributed by atoms with van der Waals surface area (Å²) in [6.07, 6.45) is 0.711. The molecule has 110 valence electrons. The molecule has 1 saturated heterocycles. The zero-order chi connectivity index (χ0) is 14.5. The molecule has 20 heavy (non-hydrogen) atoms. The van der Waals surface area contributed by atoms with Gasteiger partial charge in [-0.1, -0.05) is 23.2 Å². The maximum atomic E-state index is 11.0. The van der Waals surface area contributed by atoms with E-state index in [1.54, 1.807) is 12.1 Å². The Balaban J connectivity index is 1.89. The molecule has 0 amide bonds. The number of hydrogen-bond donors (Lipinski definition) is 0. The molecule has 1 aromatic rings. The lowest BCUT2D eigenvalue weighted by atomic mass is 10.2. The maximum Gasteiger partial charge on any atom is 0.153 e. The van der Waals surface area contributed by atoms with Crippen LogP contribution in [0.2, 0.25) is 10.0 Å². The zero-order valence-electron chi connectivity index (χ0n) is 11.4. The third-order valence-corrected chi connectivity index (χ3v) is 3.91. The quantitative estimate of drug-likeness (QED) is 0.781. The lowest BCUT2D eigenvalue weighted by Gasteiger charge is -2.32. The molecule has 0 saturated carbocycles. The van der Waals surface area contributed by atoms with E-state index in [9.17, 15) is 4.79 Å². The molecule has 1 heterocycles. The summed E-state index contributed by atoms with van der Waals surface area (Å²) in [5.41, 5.74) is 0.390. The van der Waals surface area contributed by atoms with Crippen molar-refractivity contribution < 1.29 is 9.53 Å². The molecular weight excluding hydrogens is 299 g/mol. The van der Waals surface area contributed by atoms with E-state index in [-0.39, 0.29) is 0 Å². The van der Waals surface area contributed by atoms with E-state index < -0.39 is 0 Å². The second-order valence-electron chi connectivity index (χ2n) is 4.92. The van der Waals surface area contributed by atoms with Crippen LogP contribution < -0.4 is 4.74 Å². The van der Waals surface area contributed by atoms with Crippen molar-refractivity contribution in [3.63, 3.8) is 0 Å². The Morgan fingerprint density at radius 2 is 1.95 bits per heavy atom. The van der Waals surface area contributed by atoms with E-state index >= 15 is 0 Å². The number of benzene rings is 1. The van der Waals surface area contributed by atoms with Crippen molar-refractivity contribution in [1.29, 1.82) is 0 Å². The average Bonchev–Trinajstić information content (AvgIpc) is 2.42. The van der Waals surface area contributed by atoms with Crippen LogP contribution in [0.1, 0.15) is 10.4 Å². The number of rotatable bonds is 5. The number of hydrogen-bond acceptors (Lipinski definition) is 4. The van der Waals surface area contributed by atoms with Crippen molar-refractivity contribution in [2.24, 2.45) is 0 Å². The third kappa shape index (κ3) is 4.09. The molecule has 0 spiro atoms. The van der Waals surface area contributed by atoms with Crippen molar-refractivity contribution in [3.05, 3.63) is 27.7 Å². The third-order valence-electron chi connectivity index (χ3n) is 3.41. The van der Waals surface area contributed by atoms with Gasteiger partial charge in [-0.15, -0.1) is 0 Å². The molecule has 0 unspecified atom stereocenters. The molecule has 1 aliphatic rings. The van der Waals surface area contributed by atoms with E-state index in [1.165, 1.54) is 0 Å². The molecule has 6 heteroatoms. The number of piperazine rings is 1. The predicted molar refractivity (Wildman–Crippen MR) is 81.3 cm³/mol. The number of carbonyl (C=O) groups is 1. The lowest BCUT2D eigenvalue weighted by molar-refractivity contribution is 0.111. The molecule has 0 aliphatic carbocycles. The summed E-state index contributed by atoms with van der Waals surface area (Å²) in [6.45, 7) is 5.54. The second kappa shape index (κ2) is 7.27. The van der Waals surface area contributed by atoms with Gasteiger partial charge in [0.15, 0.2) is 6.29 Å². The molecule has 0 radical (unpaired) electrons. The number of carbonyl (C=O) groups excluding carboxylic acids is 1. The van der Waals surface area contributed by atoms with Crippen molar-refractivity contribution in [3.8, 4) is 5.75 Å². The van der Waals surface area contributed by atoms with Gasteiger partial charge < -0.3 is 9.64 Å². The van der Waals surface area contributed by atoms with E-state index in [1.807, 2.05) is 0 Å². The highest BCUT2D eigenvalue weighted by Crippen LogP contribution is 2.31. The fourth-order valence-electron chi connectivity index (χ4n) is 2.17. The first-order valence-electron chi connectivity index (χ1n) is 6.58. The largest absolute Gasteiger partial charge is 0.490 e. The Bertz CT molecular complexity index is 474. The van der Waals surface area contributed by atoms with Gasteiger partial charge >= 0.3 is 0 Å². The Kier molecular flexibility index (Phi) is 5.66. The van der Waals surface area contributed by atoms with Gasteiger partial charge in [0.1, 0.15) is 12.4 Å². The SMILES string of the molecule is CN1CCN(CCOc2c(Cl)cc(Cl)cc2C=O)CC1. The summed E-state index contributed by atoms with van der Waals surface area (Å²) in [6, 6.07) is 3.15. The topological polar surface area (TPSA) is 32.8 Å². The van der Waals surface area contributed by atoms with Crippen LogP contribution in [0.15, 0.2) is 12.1 Å². The summed E-state index contributed by atoms with van der Waals surface area (Å²) in [5, 5.41) is 0.807. The number of likely N-dealkylation sites (N-methyl/N-ethyl adjacent to an activating group) is 1. The Hall–Kier alpha value is -0.810. The van der Waals surface area contributed by atoms with Crippen molar-refractivity contribution in [1.82, 2.24) is 9.80 Å². The Morgan fingerprint density at radius 1 is 1.25 bits per heavy atom. The first-order chi connectivity index (χ1) is 9.60. The maximum absolute atomic E-state index is 11.0. The van der Waals surface area contributed by atoms with E-state index in [2.05, 4.69) is 16.8 Å². The van der Waals surface area contributed by atoms with Gasteiger partial charge in [0, 0.05) is 37.7 Å². The first-order valence-corrected chi connectivity index (χ1v) is 7.33. The van der Waals surface area contributed by atoms with Crippen LogP contribution in [-0.2, 0) is 0 Å². The van der Waals surface area contributed by atoms with Crippen LogP contribution in [0.4, 0.5) is 0 Å². The summed E-state index contributed by atoms with van der Waals surface area (Å²) in [4.78, 5) is 15.7. The summed E-state index contributed by atoms with van der Waals surface area (Å²) >= 11 is 11.9. The monoisotopic (exact) mass is 316 g/mol. The van der Waals surface area contributed by atoms with Gasteiger partial charge in [-0.2, -0.15) is 0 Å². The molecule has 0 atom stereocenters. The minimum atomic E-state index is 0.373. The standard InChI is InChI=1S/C14H18Cl2N2O2/c1-17-2-4-18(5-3-17)6-7-20-14-11(10-19)8-12(15)9-13(14)16/h8-10H,2-7H2,1H3. The normalized spacial score (nSPS) is 17.1. The summed E-state index contributed by atoms with van der Waals surface area (Å²) in [7, 11) is 2.12. The fraction of sp³-hybridized carbons (Fsp3) is 0.500. The highest BCUT2D eigenvalue weighted by molar-refractivity contribution is 6.36. The molecule has 1 fully saturated rings. The van der Waals surface area contributed by atoms with Gasteiger partial charge in [-0.25, -0.2) is 0 Å². The molecule has 1 aliphatic heterocycles. The van der Waals surface area contributed by atoms with E-state index in [0.717, 1.165) is 32.7 Å². The Labute approximate surface area is 129 Å². The average molecular weight is 317 g/mol. The second-order valence-corrected chi connectivity index (χ2v) is 5.76. The molecule has 0 N–H and O–H groups in total. The van der Waals surface area contributed by atoms with E-state index in [0.29, 0.717) is 34.3 Å². The number of ether oxygens (including phenoxy) is 1. The molecule has 1 aromatic carbocycles. The Morgan fingerprint density at radius 3 is 2.60 bits per heavy atom. The molecule has 0 bridgehead atoms. The van der Waals surface area contributed by atoms with Gasteiger partial charge in [-0.05, 0) is 19.2 Å². The van der Waals surface area contributed by atoms with Crippen LogP contribution in [0, 0.1) is 0 Å². The van der Waals surface area contributed by atoms with Crippen molar-refractivity contribution in [2.75, 3.05) is 46.4 Å². The van der Waals surface area contributed by atoms with Crippen LogP contribution >= 0.6 is 23.2 Å². The van der Waals surface area contributed by atoms with Crippen LogP contribution in [-0.4, -0.2) is 62.5 Å². The van der Waals surface area contributed by atoms with Crippen LogP contribution in [0.25, 0.3) is 0 Å². The highest BCUT2D eigenvalue weighted by Gasteiger charge is 2.15. The zero-order valence-corrected chi connectivity index (χ0v) is 13.0. The molecule has 4 nitrogen and oxygen atoms in total. The van der Waals surface area contributed by atoms with Gasteiger partial charge in [0.25, 0.3) is 0 Å². The van der Waals surface area contributed by atoms with Gasteiger partial charge in [0.05, 0.1) is 10.6 Å². The lowest BCUT2D eigenvalue weighted by Crippen LogP contribution is -2.45. The minimum Gasteiger partial charge on any atom is -0.490 e. The fourth-order valence-corrected chi connectivity index (χ4v) is 2.73. The molecular formula is C14H18Cl2N2O2. The first kappa shape index (κ1) is 15.6. The van der Waals surface area contributed by atoms with E-state index in [4.69, 9.17) is 27.9 Å². The number of nitrogens with zero attached hydrogens (tertiary/aromatic N) is 2.